The second-order valence-electron chi connectivity index (χ2n) is 5.15. The van der Waals surface area contributed by atoms with Crippen molar-refractivity contribution >= 4 is 29.1 Å². The van der Waals surface area contributed by atoms with Crippen molar-refractivity contribution in [2.75, 3.05) is 11.4 Å². The van der Waals surface area contributed by atoms with E-state index >= 15 is 0 Å². The Morgan fingerprint density at radius 2 is 1.62 bits per heavy atom. The summed E-state index contributed by atoms with van der Waals surface area (Å²) in [6.45, 7) is 1.94. The lowest BCUT2D eigenvalue weighted by Gasteiger charge is -2.30. The molecular weight excluding hydrogens is 282 g/mol. The Kier molecular flexibility index (Phi) is 3.76. The highest BCUT2D eigenvalue weighted by Gasteiger charge is 2.18. The highest BCUT2D eigenvalue weighted by Crippen LogP contribution is 2.27. The summed E-state index contributed by atoms with van der Waals surface area (Å²) in [5.74, 6) is 1.05. The number of anilines is 1. The molecule has 106 valence electrons. The molecule has 0 unspecified atom stereocenters. The number of rotatable bonds is 1. The Labute approximate surface area is 130 Å². The van der Waals surface area contributed by atoms with Crippen molar-refractivity contribution in [3.63, 3.8) is 0 Å². The average Bonchev–Trinajstić information content (AvgIpc) is 2.54. The number of hydrogen-bond donors (Lipinski definition) is 0. The Morgan fingerprint density at radius 1 is 0.857 bits per heavy atom. The molecule has 3 nitrogen and oxygen atoms in total. The van der Waals surface area contributed by atoms with Gasteiger partial charge in [0.25, 0.3) is 0 Å². The number of aromatic nitrogens is 2. The van der Waals surface area contributed by atoms with Gasteiger partial charge in [0.1, 0.15) is 12.1 Å². The SMILES string of the molecule is Cl.c1ccc2c(c1)CCN(c1ncnc3ccccc13)C2. The van der Waals surface area contributed by atoms with Crippen LogP contribution in [0.15, 0.2) is 54.9 Å². The van der Waals surface area contributed by atoms with Gasteiger partial charge in [-0.05, 0) is 29.7 Å². The van der Waals surface area contributed by atoms with Crippen molar-refractivity contribution < 1.29 is 0 Å². The van der Waals surface area contributed by atoms with E-state index in [2.05, 4.69) is 45.2 Å². The van der Waals surface area contributed by atoms with Crippen LogP contribution in [0.1, 0.15) is 11.1 Å². The van der Waals surface area contributed by atoms with E-state index in [-0.39, 0.29) is 12.4 Å². The van der Waals surface area contributed by atoms with Crippen molar-refractivity contribution in [2.45, 2.75) is 13.0 Å². The van der Waals surface area contributed by atoms with E-state index in [0.29, 0.717) is 0 Å². The zero-order valence-electron chi connectivity index (χ0n) is 11.6. The van der Waals surface area contributed by atoms with Gasteiger partial charge in [-0.25, -0.2) is 9.97 Å². The summed E-state index contributed by atoms with van der Waals surface area (Å²) < 4.78 is 0. The normalized spacial score (nSPS) is 13.6. The number of para-hydroxylation sites is 1. The van der Waals surface area contributed by atoms with Crippen LogP contribution >= 0.6 is 12.4 Å². The molecule has 0 N–H and O–H groups in total. The van der Waals surface area contributed by atoms with Gasteiger partial charge in [0.15, 0.2) is 0 Å². The second kappa shape index (κ2) is 5.70. The molecule has 2 heterocycles. The molecule has 0 aliphatic carbocycles. The Balaban J connectivity index is 0.00000132. The summed E-state index contributed by atoms with van der Waals surface area (Å²) in [5.41, 5.74) is 3.87. The molecule has 4 heteroatoms. The number of fused-ring (bicyclic) bond motifs is 2. The maximum atomic E-state index is 4.52. The van der Waals surface area contributed by atoms with Gasteiger partial charge in [-0.2, -0.15) is 0 Å². The van der Waals surface area contributed by atoms with Crippen LogP contribution in [0.25, 0.3) is 10.9 Å². The maximum Gasteiger partial charge on any atom is 0.140 e. The van der Waals surface area contributed by atoms with E-state index in [4.69, 9.17) is 0 Å². The monoisotopic (exact) mass is 297 g/mol. The summed E-state index contributed by atoms with van der Waals surface area (Å²) in [4.78, 5) is 11.2. The first-order valence-corrected chi connectivity index (χ1v) is 6.93. The molecule has 1 aromatic heterocycles. The summed E-state index contributed by atoms with van der Waals surface area (Å²) in [6, 6.07) is 16.9. The van der Waals surface area contributed by atoms with Crippen LogP contribution < -0.4 is 4.90 Å². The van der Waals surface area contributed by atoms with Gasteiger partial charge in [-0.15, -0.1) is 12.4 Å². The molecule has 1 aliphatic heterocycles. The molecule has 4 rings (SSSR count). The smallest absolute Gasteiger partial charge is 0.140 e. The zero-order valence-corrected chi connectivity index (χ0v) is 12.4. The van der Waals surface area contributed by atoms with E-state index in [9.17, 15) is 0 Å². The first kappa shape index (κ1) is 13.8. The molecule has 0 atom stereocenters. The van der Waals surface area contributed by atoms with Crippen LogP contribution in [0, 0.1) is 0 Å². The Morgan fingerprint density at radius 3 is 2.52 bits per heavy atom. The van der Waals surface area contributed by atoms with Gasteiger partial charge < -0.3 is 4.90 Å². The third kappa shape index (κ3) is 2.45. The highest BCUT2D eigenvalue weighted by molar-refractivity contribution is 5.89. The summed E-state index contributed by atoms with van der Waals surface area (Å²) in [7, 11) is 0. The standard InChI is InChI=1S/C17H15N3.ClH/c1-2-6-14-11-20(10-9-13(14)5-1)17-15-7-3-4-8-16(15)18-12-19-17;/h1-8,12H,9-11H2;1H. The van der Waals surface area contributed by atoms with Gasteiger partial charge in [0, 0.05) is 18.5 Å². The molecule has 0 radical (unpaired) electrons. The minimum atomic E-state index is 0. The van der Waals surface area contributed by atoms with E-state index in [1.165, 1.54) is 11.1 Å². The van der Waals surface area contributed by atoms with Crippen molar-refractivity contribution in [3.05, 3.63) is 66.0 Å². The Bertz CT molecular complexity index is 767. The first-order valence-electron chi connectivity index (χ1n) is 6.93. The van der Waals surface area contributed by atoms with Crippen LogP contribution in [0.5, 0.6) is 0 Å². The summed E-state index contributed by atoms with van der Waals surface area (Å²) in [6.07, 6.45) is 2.74. The van der Waals surface area contributed by atoms with E-state index in [1.54, 1.807) is 6.33 Å². The molecule has 2 aromatic carbocycles. The molecule has 3 aromatic rings. The Hall–Kier alpha value is -2.13. The maximum absolute atomic E-state index is 4.52. The third-order valence-corrected chi connectivity index (χ3v) is 3.95. The van der Waals surface area contributed by atoms with Crippen molar-refractivity contribution in [1.29, 1.82) is 0 Å². The fourth-order valence-electron chi connectivity index (χ4n) is 2.92. The molecule has 0 spiro atoms. The minimum absolute atomic E-state index is 0. The van der Waals surface area contributed by atoms with Crippen LogP contribution in [-0.4, -0.2) is 16.5 Å². The van der Waals surface area contributed by atoms with Gasteiger partial charge in [-0.1, -0.05) is 36.4 Å². The van der Waals surface area contributed by atoms with Gasteiger partial charge in [0.2, 0.25) is 0 Å². The van der Waals surface area contributed by atoms with E-state index < -0.39 is 0 Å². The minimum Gasteiger partial charge on any atom is -0.351 e. The quantitative estimate of drug-likeness (QED) is 0.687. The molecule has 0 amide bonds. The first-order chi connectivity index (χ1) is 9.92. The van der Waals surface area contributed by atoms with Gasteiger partial charge in [-0.3, -0.25) is 0 Å². The lowest BCUT2D eigenvalue weighted by atomic mass is 10.00. The number of halogens is 1. The van der Waals surface area contributed by atoms with Crippen molar-refractivity contribution in [3.8, 4) is 0 Å². The molecule has 21 heavy (non-hydrogen) atoms. The predicted octanol–water partition coefficient (Wildman–Crippen LogP) is 3.61. The molecular formula is C17H16ClN3. The second-order valence-corrected chi connectivity index (χ2v) is 5.15. The molecule has 0 bridgehead atoms. The average molecular weight is 298 g/mol. The molecule has 0 saturated carbocycles. The van der Waals surface area contributed by atoms with Crippen LogP contribution in [0.3, 0.4) is 0 Å². The van der Waals surface area contributed by atoms with Crippen LogP contribution in [0.4, 0.5) is 5.82 Å². The fourth-order valence-corrected chi connectivity index (χ4v) is 2.92. The van der Waals surface area contributed by atoms with Crippen molar-refractivity contribution in [2.24, 2.45) is 0 Å². The van der Waals surface area contributed by atoms with Crippen LogP contribution in [-0.2, 0) is 13.0 Å². The largest absolute Gasteiger partial charge is 0.351 e. The summed E-state index contributed by atoms with van der Waals surface area (Å²) in [5, 5.41) is 1.13. The zero-order chi connectivity index (χ0) is 13.4. The topological polar surface area (TPSA) is 29.0 Å². The number of benzene rings is 2. The number of hydrogen-bond acceptors (Lipinski definition) is 3. The highest BCUT2D eigenvalue weighted by atomic mass is 35.5. The van der Waals surface area contributed by atoms with Gasteiger partial charge >= 0.3 is 0 Å². The summed E-state index contributed by atoms with van der Waals surface area (Å²) >= 11 is 0. The van der Waals surface area contributed by atoms with Crippen LogP contribution in [0.2, 0.25) is 0 Å². The fraction of sp³-hybridized carbons (Fsp3) is 0.176. The van der Waals surface area contributed by atoms with E-state index in [0.717, 1.165) is 36.2 Å². The molecule has 0 fully saturated rings. The van der Waals surface area contributed by atoms with Gasteiger partial charge in [0.05, 0.1) is 5.52 Å². The van der Waals surface area contributed by atoms with Crippen molar-refractivity contribution in [1.82, 2.24) is 9.97 Å². The molecule has 1 aliphatic rings. The molecule has 0 saturated heterocycles. The third-order valence-electron chi connectivity index (χ3n) is 3.95. The predicted molar refractivity (Wildman–Crippen MR) is 88.0 cm³/mol. The lowest BCUT2D eigenvalue weighted by Crippen LogP contribution is -2.31. The lowest BCUT2D eigenvalue weighted by molar-refractivity contribution is 0.723. The van der Waals surface area contributed by atoms with E-state index in [1.807, 2.05) is 18.2 Å². The number of nitrogens with zero attached hydrogens (tertiary/aromatic N) is 3.